The minimum absolute atomic E-state index is 0.302. The summed E-state index contributed by atoms with van der Waals surface area (Å²) < 4.78 is 18.9. The van der Waals surface area contributed by atoms with Crippen molar-refractivity contribution < 1.29 is 9.13 Å². The maximum absolute atomic E-state index is 13.0. The van der Waals surface area contributed by atoms with Gasteiger partial charge in [0.15, 0.2) is 5.75 Å². The molecule has 0 aliphatic rings. The first-order valence-electron chi connectivity index (χ1n) is 6.31. The van der Waals surface area contributed by atoms with E-state index in [1.807, 2.05) is 13.0 Å². The van der Waals surface area contributed by atoms with Crippen LogP contribution in [0.2, 0.25) is 0 Å². The number of benzene rings is 2. The van der Waals surface area contributed by atoms with Gasteiger partial charge in [-0.2, -0.15) is 0 Å². The van der Waals surface area contributed by atoms with Gasteiger partial charge in [0.2, 0.25) is 0 Å². The van der Waals surface area contributed by atoms with Crippen molar-refractivity contribution in [2.75, 3.05) is 5.73 Å². The molecule has 0 fully saturated rings. The Bertz CT molecular complexity index is 593. The Morgan fingerprint density at radius 1 is 1.05 bits per heavy atom. The van der Waals surface area contributed by atoms with E-state index in [1.54, 1.807) is 6.07 Å². The fraction of sp³-hybridized carbons (Fsp3) is 0.250. The van der Waals surface area contributed by atoms with Crippen LogP contribution in [0.1, 0.15) is 30.9 Å². The summed E-state index contributed by atoms with van der Waals surface area (Å²) in [5.74, 6) is 1.23. The molecule has 0 spiro atoms. The molecular weight excluding hydrogens is 241 g/mol. The van der Waals surface area contributed by atoms with E-state index in [2.05, 4.69) is 26.0 Å². The van der Waals surface area contributed by atoms with Crippen LogP contribution in [-0.2, 0) is 0 Å². The molecule has 0 unspecified atom stereocenters. The molecule has 2 N–H and O–H groups in total. The zero-order valence-electron chi connectivity index (χ0n) is 11.4. The van der Waals surface area contributed by atoms with Crippen molar-refractivity contribution in [2.45, 2.75) is 26.7 Å². The predicted octanol–water partition coefficient (Wildman–Crippen LogP) is 4.63. The maximum Gasteiger partial charge on any atom is 0.150 e. The van der Waals surface area contributed by atoms with Gasteiger partial charge in [-0.05, 0) is 42.2 Å². The van der Waals surface area contributed by atoms with E-state index in [0.29, 0.717) is 17.4 Å². The molecule has 0 heterocycles. The first-order chi connectivity index (χ1) is 8.97. The second-order valence-electron chi connectivity index (χ2n) is 4.98. The molecule has 0 saturated heterocycles. The molecule has 2 aromatic carbocycles. The Hall–Kier alpha value is -2.03. The molecule has 0 saturated carbocycles. The van der Waals surface area contributed by atoms with Crippen molar-refractivity contribution in [2.24, 2.45) is 0 Å². The number of ether oxygens (including phenoxy) is 1. The fourth-order valence-corrected chi connectivity index (χ4v) is 1.94. The van der Waals surface area contributed by atoms with E-state index < -0.39 is 0 Å². The number of halogens is 1. The summed E-state index contributed by atoms with van der Waals surface area (Å²) in [6.07, 6.45) is 0. The van der Waals surface area contributed by atoms with E-state index >= 15 is 0 Å². The monoisotopic (exact) mass is 259 g/mol. The highest BCUT2D eigenvalue weighted by atomic mass is 19.1. The van der Waals surface area contributed by atoms with Crippen molar-refractivity contribution in [1.29, 1.82) is 0 Å². The summed E-state index contributed by atoms with van der Waals surface area (Å²) >= 11 is 0. The minimum Gasteiger partial charge on any atom is -0.455 e. The first kappa shape index (κ1) is 13.4. The Kier molecular flexibility index (Phi) is 3.74. The summed E-state index contributed by atoms with van der Waals surface area (Å²) in [5, 5.41) is 0. The molecule has 3 heteroatoms. The molecule has 2 aromatic rings. The molecule has 0 aromatic heterocycles. The number of nitrogens with two attached hydrogens (primary N) is 1. The zero-order valence-corrected chi connectivity index (χ0v) is 11.4. The van der Waals surface area contributed by atoms with Crippen molar-refractivity contribution in [3.05, 3.63) is 53.3 Å². The molecule has 0 amide bonds. The summed E-state index contributed by atoms with van der Waals surface area (Å²) in [5.41, 5.74) is 8.29. The van der Waals surface area contributed by atoms with Crippen LogP contribution in [0, 0.1) is 12.7 Å². The van der Waals surface area contributed by atoms with Gasteiger partial charge in [-0.15, -0.1) is 0 Å². The first-order valence-corrected chi connectivity index (χ1v) is 6.31. The molecule has 0 aliphatic carbocycles. The normalized spacial score (nSPS) is 10.8. The Morgan fingerprint density at radius 3 is 2.42 bits per heavy atom. The van der Waals surface area contributed by atoms with Gasteiger partial charge in [0, 0.05) is 6.07 Å². The van der Waals surface area contributed by atoms with Crippen LogP contribution in [0.5, 0.6) is 11.5 Å². The largest absolute Gasteiger partial charge is 0.455 e. The summed E-state index contributed by atoms with van der Waals surface area (Å²) in [6, 6.07) is 10.2. The highest BCUT2D eigenvalue weighted by Crippen LogP contribution is 2.34. The van der Waals surface area contributed by atoms with Gasteiger partial charge in [-0.1, -0.05) is 26.0 Å². The van der Waals surface area contributed by atoms with E-state index in [4.69, 9.17) is 10.5 Å². The molecule has 100 valence electrons. The van der Waals surface area contributed by atoms with Gasteiger partial charge in [0.25, 0.3) is 0 Å². The third kappa shape index (κ3) is 3.05. The van der Waals surface area contributed by atoms with Crippen molar-refractivity contribution in [1.82, 2.24) is 0 Å². The lowest BCUT2D eigenvalue weighted by molar-refractivity contribution is 0.473. The Morgan fingerprint density at radius 2 is 1.79 bits per heavy atom. The second kappa shape index (κ2) is 5.31. The number of aryl methyl sites for hydroxylation is 1. The van der Waals surface area contributed by atoms with Crippen molar-refractivity contribution in [3.8, 4) is 11.5 Å². The predicted molar refractivity (Wildman–Crippen MR) is 76.2 cm³/mol. The number of anilines is 1. The SMILES string of the molecule is Cc1ccc(C(C)C)c(Oc2ccc(F)cc2N)c1. The van der Waals surface area contributed by atoms with Crippen LogP contribution in [-0.4, -0.2) is 0 Å². The Balaban J connectivity index is 2.39. The molecule has 19 heavy (non-hydrogen) atoms. The van der Waals surface area contributed by atoms with Gasteiger partial charge in [-0.3, -0.25) is 0 Å². The van der Waals surface area contributed by atoms with Crippen LogP contribution in [0.3, 0.4) is 0 Å². The maximum atomic E-state index is 13.0. The number of rotatable bonds is 3. The third-order valence-electron chi connectivity index (χ3n) is 2.98. The summed E-state index contributed by atoms with van der Waals surface area (Å²) in [7, 11) is 0. The summed E-state index contributed by atoms with van der Waals surface area (Å²) in [4.78, 5) is 0. The standard InChI is InChI=1S/C16H18FNO/c1-10(2)13-6-4-11(3)8-16(13)19-15-7-5-12(17)9-14(15)18/h4-10H,18H2,1-3H3. The lowest BCUT2D eigenvalue weighted by atomic mass is 10.0. The quantitative estimate of drug-likeness (QED) is 0.815. The van der Waals surface area contributed by atoms with Crippen LogP contribution < -0.4 is 10.5 Å². The van der Waals surface area contributed by atoms with Crippen LogP contribution >= 0.6 is 0 Å². The molecule has 0 bridgehead atoms. The molecular formula is C16H18FNO. The average Bonchev–Trinajstić information content (AvgIpc) is 2.32. The van der Waals surface area contributed by atoms with E-state index in [1.165, 1.54) is 12.1 Å². The molecule has 2 rings (SSSR count). The van der Waals surface area contributed by atoms with Crippen molar-refractivity contribution in [3.63, 3.8) is 0 Å². The third-order valence-corrected chi connectivity index (χ3v) is 2.98. The van der Waals surface area contributed by atoms with Crippen LogP contribution in [0.15, 0.2) is 36.4 Å². The minimum atomic E-state index is -0.363. The van der Waals surface area contributed by atoms with Crippen LogP contribution in [0.4, 0.5) is 10.1 Å². The number of nitrogen functional groups attached to an aromatic ring is 1. The van der Waals surface area contributed by atoms with Gasteiger partial charge in [0.1, 0.15) is 11.6 Å². The van der Waals surface area contributed by atoms with E-state index in [-0.39, 0.29) is 5.82 Å². The Labute approximate surface area is 113 Å². The van der Waals surface area contributed by atoms with Crippen LogP contribution in [0.25, 0.3) is 0 Å². The molecule has 0 radical (unpaired) electrons. The lowest BCUT2D eigenvalue weighted by Gasteiger charge is -2.15. The summed E-state index contributed by atoms with van der Waals surface area (Å²) in [6.45, 7) is 6.21. The van der Waals surface area contributed by atoms with Gasteiger partial charge in [-0.25, -0.2) is 4.39 Å². The van der Waals surface area contributed by atoms with E-state index in [9.17, 15) is 4.39 Å². The zero-order chi connectivity index (χ0) is 14.0. The highest BCUT2D eigenvalue weighted by Gasteiger charge is 2.11. The van der Waals surface area contributed by atoms with Gasteiger partial charge in [0.05, 0.1) is 5.69 Å². The smallest absolute Gasteiger partial charge is 0.150 e. The topological polar surface area (TPSA) is 35.2 Å². The van der Waals surface area contributed by atoms with Crippen molar-refractivity contribution >= 4 is 5.69 Å². The molecule has 0 atom stereocenters. The van der Waals surface area contributed by atoms with Gasteiger partial charge < -0.3 is 10.5 Å². The average molecular weight is 259 g/mol. The highest BCUT2D eigenvalue weighted by molar-refractivity contribution is 5.55. The number of hydrogen-bond donors (Lipinski definition) is 1. The number of hydrogen-bond acceptors (Lipinski definition) is 2. The van der Waals surface area contributed by atoms with E-state index in [0.717, 1.165) is 16.9 Å². The lowest BCUT2D eigenvalue weighted by Crippen LogP contribution is -1.97. The second-order valence-corrected chi connectivity index (χ2v) is 4.98. The molecule has 2 nitrogen and oxygen atoms in total. The fourth-order valence-electron chi connectivity index (χ4n) is 1.94. The molecule has 0 aliphatic heterocycles. The van der Waals surface area contributed by atoms with Gasteiger partial charge >= 0.3 is 0 Å².